The molecule has 1 aromatic heterocycles. The van der Waals surface area contributed by atoms with Crippen LogP contribution in [0.25, 0.3) is 0 Å². The van der Waals surface area contributed by atoms with Crippen LogP contribution in [-0.2, 0) is 4.79 Å². The summed E-state index contributed by atoms with van der Waals surface area (Å²) in [5, 5.41) is 4.46. The number of likely N-dealkylation sites (tertiary alicyclic amines) is 1. The molecule has 0 spiro atoms. The standard InChI is InChI=1S/C21H24ClN3O2S/c1-2-18(15-5-8-17(22)9-6-15)24-19(26)14-28-20-10-7-16(13-23-20)21(27)25-11-3-4-12-25/h5-10,13,18H,2-4,11-12,14H2,1H3,(H,24,26). The average molecular weight is 418 g/mol. The second-order valence-electron chi connectivity index (χ2n) is 6.75. The second kappa shape index (κ2) is 9.94. The van der Waals surface area contributed by atoms with Gasteiger partial charge in [0.15, 0.2) is 0 Å². The Morgan fingerprint density at radius 1 is 1.18 bits per heavy atom. The van der Waals surface area contributed by atoms with Crippen LogP contribution in [0.2, 0.25) is 5.02 Å². The number of hydrogen-bond donors (Lipinski definition) is 1. The van der Waals surface area contributed by atoms with Gasteiger partial charge in [-0.05, 0) is 49.1 Å². The summed E-state index contributed by atoms with van der Waals surface area (Å²) in [5.74, 6) is 0.259. The molecule has 1 unspecified atom stereocenters. The SMILES string of the molecule is CCC(NC(=O)CSc1ccc(C(=O)N2CCCC2)cn1)c1ccc(Cl)cc1. The number of aromatic nitrogens is 1. The second-order valence-corrected chi connectivity index (χ2v) is 8.19. The fourth-order valence-corrected chi connectivity index (χ4v) is 3.97. The van der Waals surface area contributed by atoms with Gasteiger partial charge in [-0.3, -0.25) is 9.59 Å². The van der Waals surface area contributed by atoms with Crippen molar-refractivity contribution in [3.05, 3.63) is 58.7 Å². The highest BCUT2D eigenvalue weighted by Crippen LogP contribution is 2.21. The van der Waals surface area contributed by atoms with Gasteiger partial charge >= 0.3 is 0 Å². The zero-order chi connectivity index (χ0) is 19.9. The number of nitrogens with one attached hydrogen (secondary N) is 1. The van der Waals surface area contributed by atoms with Crippen molar-refractivity contribution < 1.29 is 9.59 Å². The minimum absolute atomic E-state index is 0.0352. The molecule has 0 saturated carbocycles. The van der Waals surface area contributed by atoms with Gasteiger partial charge in [0.2, 0.25) is 5.91 Å². The lowest BCUT2D eigenvalue weighted by Gasteiger charge is -2.17. The van der Waals surface area contributed by atoms with Gasteiger partial charge in [-0.25, -0.2) is 4.98 Å². The molecule has 1 aliphatic heterocycles. The van der Waals surface area contributed by atoms with Crippen molar-refractivity contribution >= 4 is 35.2 Å². The molecular formula is C21H24ClN3O2S. The summed E-state index contributed by atoms with van der Waals surface area (Å²) in [6.45, 7) is 3.67. The number of carbonyl (C=O) groups excluding carboxylic acids is 2. The number of halogens is 1. The van der Waals surface area contributed by atoms with Crippen LogP contribution in [0.3, 0.4) is 0 Å². The van der Waals surface area contributed by atoms with E-state index in [9.17, 15) is 9.59 Å². The minimum Gasteiger partial charge on any atom is -0.349 e. The molecule has 0 bridgehead atoms. The zero-order valence-electron chi connectivity index (χ0n) is 15.9. The van der Waals surface area contributed by atoms with E-state index in [1.807, 2.05) is 36.1 Å². The average Bonchev–Trinajstić information content (AvgIpc) is 3.26. The van der Waals surface area contributed by atoms with E-state index >= 15 is 0 Å². The number of nitrogens with zero attached hydrogens (tertiary/aromatic N) is 2. The summed E-state index contributed by atoms with van der Waals surface area (Å²) < 4.78 is 0. The Hall–Kier alpha value is -2.05. The third-order valence-electron chi connectivity index (χ3n) is 4.74. The van der Waals surface area contributed by atoms with Crippen LogP contribution in [0.4, 0.5) is 0 Å². The molecule has 0 aliphatic carbocycles. The highest BCUT2D eigenvalue weighted by molar-refractivity contribution is 7.99. The summed E-state index contributed by atoms with van der Waals surface area (Å²) in [4.78, 5) is 30.9. The molecule has 5 nitrogen and oxygen atoms in total. The summed E-state index contributed by atoms with van der Waals surface area (Å²) >= 11 is 7.29. The highest BCUT2D eigenvalue weighted by atomic mass is 35.5. The number of rotatable bonds is 7. The third-order valence-corrected chi connectivity index (χ3v) is 5.94. The molecule has 1 saturated heterocycles. The van der Waals surface area contributed by atoms with Crippen molar-refractivity contribution in [3.63, 3.8) is 0 Å². The molecule has 2 heterocycles. The topological polar surface area (TPSA) is 62.3 Å². The molecule has 1 aromatic carbocycles. The van der Waals surface area contributed by atoms with Crippen molar-refractivity contribution in [1.29, 1.82) is 0 Å². The van der Waals surface area contributed by atoms with Crippen molar-refractivity contribution in [2.24, 2.45) is 0 Å². The van der Waals surface area contributed by atoms with Gasteiger partial charge in [0.25, 0.3) is 5.91 Å². The fraction of sp³-hybridized carbons (Fsp3) is 0.381. The monoisotopic (exact) mass is 417 g/mol. The Morgan fingerprint density at radius 3 is 2.50 bits per heavy atom. The molecule has 148 valence electrons. The smallest absolute Gasteiger partial charge is 0.255 e. The van der Waals surface area contributed by atoms with E-state index in [1.54, 1.807) is 18.3 Å². The summed E-state index contributed by atoms with van der Waals surface area (Å²) in [7, 11) is 0. The fourth-order valence-electron chi connectivity index (χ4n) is 3.19. The Bertz CT molecular complexity index is 805. The Balaban J connectivity index is 1.51. The first kappa shape index (κ1) is 20.7. The molecule has 28 heavy (non-hydrogen) atoms. The quantitative estimate of drug-likeness (QED) is 0.681. The minimum atomic E-state index is -0.0502. The zero-order valence-corrected chi connectivity index (χ0v) is 17.4. The van der Waals surface area contributed by atoms with Crippen molar-refractivity contribution in [2.45, 2.75) is 37.3 Å². The first-order chi connectivity index (χ1) is 13.6. The Kier molecular flexibility index (Phi) is 7.34. The normalized spacial score (nSPS) is 14.7. The van der Waals surface area contributed by atoms with E-state index in [2.05, 4.69) is 10.3 Å². The largest absolute Gasteiger partial charge is 0.349 e. The molecule has 1 N–H and O–H groups in total. The van der Waals surface area contributed by atoms with Crippen LogP contribution >= 0.6 is 23.4 Å². The maximum Gasteiger partial charge on any atom is 0.255 e. The van der Waals surface area contributed by atoms with E-state index in [4.69, 9.17) is 11.6 Å². The van der Waals surface area contributed by atoms with E-state index in [-0.39, 0.29) is 23.6 Å². The Labute approximate surface area is 174 Å². The first-order valence-electron chi connectivity index (χ1n) is 9.49. The molecule has 1 aliphatic rings. The molecule has 2 aromatic rings. The lowest BCUT2D eigenvalue weighted by Crippen LogP contribution is -2.29. The van der Waals surface area contributed by atoms with E-state index in [1.165, 1.54) is 11.8 Å². The van der Waals surface area contributed by atoms with Gasteiger partial charge in [0, 0.05) is 24.3 Å². The van der Waals surface area contributed by atoms with Crippen LogP contribution in [0.1, 0.15) is 48.1 Å². The number of benzene rings is 1. The van der Waals surface area contributed by atoms with Crippen molar-refractivity contribution in [1.82, 2.24) is 15.2 Å². The van der Waals surface area contributed by atoms with Gasteiger partial charge in [-0.2, -0.15) is 0 Å². The van der Waals surface area contributed by atoms with Crippen LogP contribution in [0.15, 0.2) is 47.6 Å². The molecule has 1 fully saturated rings. The molecule has 7 heteroatoms. The third kappa shape index (κ3) is 5.49. The molecule has 1 atom stereocenters. The predicted molar refractivity (Wildman–Crippen MR) is 113 cm³/mol. The van der Waals surface area contributed by atoms with Crippen LogP contribution in [0.5, 0.6) is 0 Å². The van der Waals surface area contributed by atoms with Gasteiger partial charge in [0.05, 0.1) is 22.4 Å². The lowest BCUT2D eigenvalue weighted by atomic mass is 10.0. The van der Waals surface area contributed by atoms with E-state index in [0.29, 0.717) is 10.6 Å². The van der Waals surface area contributed by atoms with Gasteiger partial charge in [-0.1, -0.05) is 42.4 Å². The summed E-state index contributed by atoms with van der Waals surface area (Å²) in [5.41, 5.74) is 1.64. The van der Waals surface area contributed by atoms with E-state index in [0.717, 1.165) is 42.9 Å². The number of hydrogen-bond acceptors (Lipinski definition) is 4. The van der Waals surface area contributed by atoms with Crippen molar-refractivity contribution in [2.75, 3.05) is 18.8 Å². The first-order valence-corrected chi connectivity index (χ1v) is 10.9. The molecule has 0 radical (unpaired) electrons. The number of amides is 2. The maximum atomic E-state index is 12.3. The molecular weight excluding hydrogens is 394 g/mol. The maximum absolute atomic E-state index is 12.3. The predicted octanol–water partition coefficient (Wildman–Crippen LogP) is 4.33. The van der Waals surface area contributed by atoms with Crippen LogP contribution in [0, 0.1) is 0 Å². The molecule has 2 amide bonds. The van der Waals surface area contributed by atoms with Crippen LogP contribution in [-0.4, -0.2) is 40.5 Å². The van der Waals surface area contributed by atoms with E-state index < -0.39 is 0 Å². The van der Waals surface area contributed by atoms with Crippen molar-refractivity contribution in [3.8, 4) is 0 Å². The summed E-state index contributed by atoms with van der Waals surface area (Å²) in [6.07, 6.45) is 4.53. The van der Waals surface area contributed by atoms with Gasteiger partial charge < -0.3 is 10.2 Å². The van der Waals surface area contributed by atoms with Gasteiger partial charge in [0.1, 0.15) is 0 Å². The summed E-state index contributed by atoms with van der Waals surface area (Å²) in [6, 6.07) is 11.1. The van der Waals surface area contributed by atoms with Crippen LogP contribution < -0.4 is 5.32 Å². The highest BCUT2D eigenvalue weighted by Gasteiger charge is 2.19. The number of thioether (sulfide) groups is 1. The Morgan fingerprint density at radius 2 is 1.89 bits per heavy atom. The molecule has 3 rings (SSSR count). The lowest BCUT2D eigenvalue weighted by molar-refractivity contribution is -0.119. The number of pyridine rings is 1. The van der Waals surface area contributed by atoms with Gasteiger partial charge in [-0.15, -0.1) is 0 Å². The number of carbonyl (C=O) groups is 2.